The Labute approximate surface area is 137 Å². The average Bonchev–Trinajstić information content (AvgIpc) is 2.58. The Kier molecular flexibility index (Phi) is 7.13. The zero-order chi connectivity index (χ0) is 15.6. The third-order valence-electron chi connectivity index (χ3n) is 3.25. The Morgan fingerprint density at radius 3 is 2.27 bits per heavy atom. The summed E-state index contributed by atoms with van der Waals surface area (Å²) in [6, 6.07) is 16.5. The lowest BCUT2D eigenvalue weighted by molar-refractivity contribution is 0.393. The lowest BCUT2D eigenvalue weighted by Gasteiger charge is -2.09. The van der Waals surface area contributed by atoms with E-state index in [1.165, 1.54) is 10.5 Å². The van der Waals surface area contributed by atoms with Crippen LogP contribution in [-0.2, 0) is 6.54 Å². The van der Waals surface area contributed by atoms with Gasteiger partial charge in [-0.25, -0.2) is 0 Å². The predicted molar refractivity (Wildman–Crippen MR) is 93.0 cm³/mol. The van der Waals surface area contributed by atoms with Crippen molar-refractivity contribution in [2.45, 2.75) is 17.9 Å². The molecule has 0 saturated carbocycles. The van der Waals surface area contributed by atoms with Gasteiger partial charge in [0.25, 0.3) is 0 Å². The van der Waals surface area contributed by atoms with E-state index in [1.54, 1.807) is 14.2 Å². The molecule has 4 heteroatoms. The van der Waals surface area contributed by atoms with E-state index in [0.717, 1.165) is 36.8 Å². The van der Waals surface area contributed by atoms with Crippen molar-refractivity contribution in [2.24, 2.45) is 0 Å². The van der Waals surface area contributed by atoms with Gasteiger partial charge in [-0.05, 0) is 48.5 Å². The van der Waals surface area contributed by atoms with Crippen molar-refractivity contribution in [2.75, 3.05) is 26.5 Å². The Bertz CT molecular complexity index is 538. The first-order chi connectivity index (χ1) is 10.8. The third-order valence-corrected chi connectivity index (χ3v) is 4.35. The summed E-state index contributed by atoms with van der Waals surface area (Å²) in [4.78, 5) is 1.33. The van der Waals surface area contributed by atoms with Crippen LogP contribution in [0.15, 0.2) is 53.4 Å². The van der Waals surface area contributed by atoms with Crippen LogP contribution in [0.5, 0.6) is 11.5 Å². The lowest BCUT2D eigenvalue weighted by Crippen LogP contribution is -2.15. The highest BCUT2D eigenvalue weighted by molar-refractivity contribution is 7.99. The summed E-state index contributed by atoms with van der Waals surface area (Å²) in [5.41, 5.74) is 1.17. The van der Waals surface area contributed by atoms with Gasteiger partial charge in [0.15, 0.2) is 0 Å². The van der Waals surface area contributed by atoms with E-state index in [4.69, 9.17) is 9.47 Å². The van der Waals surface area contributed by atoms with E-state index in [9.17, 15) is 0 Å². The van der Waals surface area contributed by atoms with Gasteiger partial charge >= 0.3 is 0 Å². The molecule has 0 amide bonds. The topological polar surface area (TPSA) is 30.5 Å². The normalized spacial score (nSPS) is 10.5. The molecule has 0 aliphatic rings. The molecule has 0 aromatic heterocycles. The average molecular weight is 317 g/mol. The maximum Gasteiger partial charge on any atom is 0.122 e. The van der Waals surface area contributed by atoms with E-state index in [0.29, 0.717) is 0 Å². The standard InChI is InChI=1S/C18H23NO2S/c1-20-16-11-15(12-17(13-16)21-2)14-19-9-6-10-22-18-7-4-3-5-8-18/h3-5,7-8,11-13,19H,6,9-10,14H2,1-2H3. The fourth-order valence-electron chi connectivity index (χ4n) is 2.11. The molecule has 0 fully saturated rings. The molecule has 2 rings (SSSR count). The van der Waals surface area contributed by atoms with Gasteiger partial charge < -0.3 is 14.8 Å². The van der Waals surface area contributed by atoms with Crippen LogP contribution >= 0.6 is 11.8 Å². The number of thioether (sulfide) groups is 1. The number of nitrogens with one attached hydrogen (secondary N) is 1. The molecule has 0 radical (unpaired) electrons. The molecule has 0 aliphatic heterocycles. The minimum atomic E-state index is 0.823. The van der Waals surface area contributed by atoms with E-state index in [-0.39, 0.29) is 0 Å². The van der Waals surface area contributed by atoms with Gasteiger partial charge in [-0.2, -0.15) is 0 Å². The summed E-state index contributed by atoms with van der Waals surface area (Å²) >= 11 is 1.90. The second kappa shape index (κ2) is 9.38. The largest absolute Gasteiger partial charge is 0.497 e. The molecule has 3 nitrogen and oxygen atoms in total. The molecular formula is C18H23NO2S. The number of hydrogen-bond acceptors (Lipinski definition) is 4. The third kappa shape index (κ3) is 5.62. The molecular weight excluding hydrogens is 294 g/mol. The fourth-order valence-corrected chi connectivity index (χ4v) is 2.98. The molecule has 0 spiro atoms. The number of ether oxygens (including phenoxy) is 2. The quantitative estimate of drug-likeness (QED) is 0.560. The molecule has 0 aliphatic carbocycles. The number of hydrogen-bond donors (Lipinski definition) is 1. The second-order valence-electron chi connectivity index (χ2n) is 4.91. The molecule has 2 aromatic carbocycles. The number of methoxy groups -OCH3 is 2. The predicted octanol–water partition coefficient (Wildman–Crippen LogP) is 3.98. The van der Waals surface area contributed by atoms with Crippen LogP contribution in [-0.4, -0.2) is 26.5 Å². The van der Waals surface area contributed by atoms with Crippen LogP contribution in [0.1, 0.15) is 12.0 Å². The van der Waals surface area contributed by atoms with Crippen molar-refractivity contribution < 1.29 is 9.47 Å². The maximum absolute atomic E-state index is 5.28. The van der Waals surface area contributed by atoms with Gasteiger partial charge in [0.05, 0.1) is 14.2 Å². The van der Waals surface area contributed by atoms with Crippen molar-refractivity contribution in [3.05, 3.63) is 54.1 Å². The molecule has 22 heavy (non-hydrogen) atoms. The first-order valence-corrected chi connectivity index (χ1v) is 8.41. The van der Waals surface area contributed by atoms with Gasteiger partial charge in [-0.15, -0.1) is 11.8 Å². The molecule has 118 valence electrons. The SMILES string of the molecule is COc1cc(CNCCCSc2ccccc2)cc(OC)c1. The first-order valence-electron chi connectivity index (χ1n) is 7.42. The second-order valence-corrected chi connectivity index (χ2v) is 6.08. The van der Waals surface area contributed by atoms with E-state index < -0.39 is 0 Å². The molecule has 1 N–H and O–H groups in total. The number of benzene rings is 2. The van der Waals surface area contributed by atoms with Crippen LogP contribution in [0.25, 0.3) is 0 Å². The van der Waals surface area contributed by atoms with Gasteiger partial charge in [0, 0.05) is 17.5 Å². The summed E-state index contributed by atoms with van der Waals surface area (Å²) in [5.74, 6) is 2.78. The van der Waals surface area contributed by atoms with Crippen molar-refractivity contribution in [1.82, 2.24) is 5.32 Å². The van der Waals surface area contributed by atoms with Crippen LogP contribution in [0.4, 0.5) is 0 Å². The summed E-state index contributed by atoms with van der Waals surface area (Å²) in [7, 11) is 3.35. The fraction of sp³-hybridized carbons (Fsp3) is 0.333. The highest BCUT2D eigenvalue weighted by atomic mass is 32.2. The van der Waals surface area contributed by atoms with Gasteiger partial charge in [-0.1, -0.05) is 18.2 Å². The van der Waals surface area contributed by atoms with E-state index in [2.05, 4.69) is 29.6 Å². The lowest BCUT2D eigenvalue weighted by atomic mass is 10.2. The van der Waals surface area contributed by atoms with Crippen LogP contribution in [0.2, 0.25) is 0 Å². The zero-order valence-corrected chi connectivity index (χ0v) is 14.0. The summed E-state index contributed by atoms with van der Waals surface area (Å²) in [5, 5.41) is 3.47. The molecule has 0 unspecified atom stereocenters. The Hall–Kier alpha value is -1.65. The maximum atomic E-state index is 5.28. The Morgan fingerprint density at radius 1 is 0.955 bits per heavy atom. The monoisotopic (exact) mass is 317 g/mol. The molecule has 0 saturated heterocycles. The molecule has 0 heterocycles. The zero-order valence-electron chi connectivity index (χ0n) is 13.2. The molecule has 0 bridgehead atoms. The molecule has 0 atom stereocenters. The summed E-state index contributed by atoms with van der Waals surface area (Å²) in [6.07, 6.45) is 1.14. The minimum Gasteiger partial charge on any atom is -0.497 e. The smallest absolute Gasteiger partial charge is 0.122 e. The van der Waals surface area contributed by atoms with E-state index in [1.807, 2.05) is 36.0 Å². The van der Waals surface area contributed by atoms with Crippen molar-refractivity contribution >= 4 is 11.8 Å². The molecule has 2 aromatic rings. The van der Waals surface area contributed by atoms with Crippen LogP contribution < -0.4 is 14.8 Å². The first kappa shape index (κ1) is 16.7. The van der Waals surface area contributed by atoms with E-state index >= 15 is 0 Å². The van der Waals surface area contributed by atoms with Crippen molar-refractivity contribution in [1.29, 1.82) is 0 Å². The van der Waals surface area contributed by atoms with Gasteiger partial charge in [-0.3, -0.25) is 0 Å². The summed E-state index contributed by atoms with van der Waals surface area (Å²) in [6.45, 7) is 1.82. The minimum absolute atomic E-state index is 0.823. The van der Waals surface area contributed by atoms with Crippen molar-refractivity contribution in [3.8, 4) is 11.5 Å². The van der Waals surface area contributed by atoms with Gasteiger partial charge in [0.2, 0.25) is 0 Å². The highest BCUT2D eigenvalue weighted by Gasteiger charge is 2.01. The van der Waals surface area contributed by atoms with Gasteiger partial charge in [0.1, 0.15) is 11.5 Å². The Morgan fingerprint density at radius 2 is 1.64 bits per heavy atom. The van der Waals surface area contributed by atoms with Crippen LogP contribution in [0, 0.1) is 0 Å². The summed E-state index contributed by atoms with van der Waals surface area (Å²) < 4.78 is 10.6. The Balaban J connectivity index is 1.68. The van der Waals surface area contributed by atoms with Crippen LogP contribution in [0.3, 0.4) is 0 Å². The number of rotatable bonds is 9. The highest BCUT2D eigenvalue weighted by Crippen LogP contribution is 2.22. The van der Waals surface area contributed by atoms with Crippen molar-refractivity contribution in [3.63, 3.8) is 0 Å².